The molecule has 1 aliphatic heterocycles. The summed E-state index contributed by atoms with van der Waals surface area (Å²) in [6, 6.07) is 7.16. The Hall–Kier alpha value is -1.35. The molecule has 1 aromatic carbocycles. The van der Waals surface area contributed by atoms with Crippen LogP contribution in [0.4, 0.5) is 4.79 Å². The summed E-state index contributed by atoms with van der Waals surface area (Å²) in [5.41, 5.74) is 0.590. The van der Waals surface area contributed by atoms with E-state index in [0.717, 1.165) is 0 Å². The Labute approximate surface area is 112 Å². The number of ether oxygens (including phenoxy) is 1. The van der Waals surface area contributed by atoms with Crippen LogP contribution in [0.1, 0.15) is 11.5 Å². The number of carbonyl (C=O) groups is 2. The Kier molecular flexibility index (Phi) is 4.29. The molecule has 0 aliphatic carbocycles. The number of cyclic esters (lactones) is 1. The molecular weight excluding hydrogens is 394 g/mol. The van der Waals surface area contributed by atoms with Crippen molar-refractivity contribution in [2.45, 2.75) is 12.0 Å². The third-order valence-electron chi connectivity index (χ3n) is 2.30. The summed E-state index contributed by atoms with van der Waals surface area (Å²) in [6.45, 7) is 3.75. The van der Waals surface area contributed by atoms with E-state index >= 15 is 0 Å². The third-order valence-corrected chi connectivity index (χ3v) is 2.30. The van der Waals surface area contributed by atoms with Crippen molar-refractivity contribution in [3.05, 3.63) is 36.8 Å². The van der Waals surface area contributed by atoms with E-state index in [1.54, 1.807) is 6.07 Å². The van der Waals surface area contributed by atoms with Crippen LogP contribution in [0.15, 0.2) is 18.2 Å². The second kappa shape index (κ2) is 5.32. The van der Waals surface area contributed by atoms with Gasteiger partial charge in [0.15, 0.2) is 6.10 Å². The number of amides is 2. The quantitative estimate of drug-likeness (QED) is 0.715. The summed E-state index contributed by atoms with van der Waals surface area (Å²) in [5, 5.41) is 11.1. The van der Waals surface area contributed by atoms with Crippen LogP contribution in [0.3, 0.4) is 0 Å². The summed E-state index contributed by atoms with van der Waals surface area (Å²) in [6.07, 6.45) is -1.70. The molecule has 88 valence electrons. The minimum Gasteiger partial charge on any atom is -0.566 e. The molecule has 2 rings (SSSR count). The van der Waals surface area contributed by atoms with Crippen molar-refractivity contribution in [2.75, 3.05) is 0 Å². The van der Waals surface area contributed by atoms with Crippen LogP contribution < -0.4 is 5.32 Å². The van der Waals surface area contributed by atoms with Crippen LogP contribution in [0.5, 0.6) is 5.75 Å². The largest absolute Gasteiger partial charge is 2.00 e. The van der Waals surface area contributed by atoms with Gasteiger partial charge in [-0.1, -0.05) is 0 Å². The van der Waals surface area contributed by atoms with Gasteiger partial charge in [0.1, 0.15) is 0 Å². The van der Waals surface area contributed by atoms with Crippen LogP contribution in [-0.4, -0.2) is 23.2 Å². The van der Waals surface area contributed by atoms with E-state index in [9.17, 15) is 9.59 Å². The first-order valence-corrected chi connectivity index (χ1v) is 4.63. The van der Waals surface area contributed by atoms with E-state index in [1.807, 2.05) is 5.32 Å². The first-order valence-electron chi connectivity index (χ1n) is 4.63. The van der Waals surface area contributed by atoms with Crippen molar-refractivity contribution in [1.82, 2.24) is 5.32 Å². The average Bonchev–Trinajstić information content (AvgIpc) is 2.58. The first kappa shape index (κ1) is 13.7. The molecule has 1 aromatic rings. The normalized spacial score (nSPS) is 20.2. The Balaban J connectivity index is 0.00000144. The number of alkyl carbamates (subject to hydrolysis) is 1. The summed E-state index contributed by atoms with van der Waals surface area (Å²) < 4.78 is 4.78. The minimum atomic E-state index is -0.937. The number of phenols is 1. The maximum atomic E-state index is 11.3. The van der Waals surface area contributed by atoms with Gasteiger partial charge >= 0.3 is 27.2 Å². The van der Waals surface area contributed by atoms with E-state index < -0.39 is 24.0 Å². The van der Waals surface area contributed by atoms with Gasteiger partial charge < -0.3 is 16.8 Å². The van der Waals surface area contributed by atoms with Crippen LogP contribution in [0.2, 0.25) is 0 Å². The van der Waals surface area contributed by atoms with Gasteiger partial charge in [-0.3, -0.25) is 10.1 Å². The number of nitrogens with one attached hydrogen (secondary N) is 1. The molecule has 1 saturated heterocycles. The van der Waals surface area contributed by atoms with E-state index in [-0.39, 0.29) is 26.8 Å². The Morgan fingerprint density at radius 2 is 2.18 bits per heavy atom. The van der Waals surface area contributed by atoms with Crippen LogP contribution >= 0.6 is 0 Å². The van der Waals surface area contributed by atoms with Crippen molar-refractivity contribution >= 4 is 12.0 Å². The minimum absolute atomic E-state index is 0. The van der Waals surface area contributed by atoms with Crippen molar-refractivity contribution < 1.29 is 40.5 Å². The monoisotopic (exact) mass is 403 g/mol. The van der Waals surface area contributed by atoms with Gasteiger partial charge in [0.25, 0.3) is 5.91 Å². The third kappa shape index (κ3) is 2.86. The fourth-order valence-corrected chi connectivity index (χ4v) is 1.46. The van der Waals surface area contributed by atoms with Gasteiger partial charge in [0.2, 0.25) is 0 Å². The number of rotatable bonds is 2. The predicted molar refractivity (Wildman–Crippen MR) is 53.5 cm³/mol. The molecule has 17 heavy (non-hydrogen) atoms. The van der Waals surface area contributed by atoms with E-state index in [1.165, 1.54) is 12.1 Å². The Morgan fingerprint density at radius 1 is 1.47 bits per heavy atom. The zero-order chi connectivity index (χ0) is 11.7. The van der Waals surface area contributed by atoms with Gasteiger partial charge in [-0.2, -0.15) is 17.7 Å². The summed E-state index contributed by atoms with van der Waals surface area (Å²) in [4.78, 5) is 22.1. The van der Waals surface area contributed by atoms with Crippen LogP contribution in [0.25, 0.3) is 0 Å². The van der Waals surface area contributed by atoms with Crippen LogP contribution in [-0.2, 0) is 30.6 Å². The average molecular weight is 403 g/mol. The number of hydrogen-bond acceptors (Lipinski definition) is 4. The molecule has 0 spiro atoms. The SMILES string of the molecule is [CH2-]C(c1[c-]cc(O)cc1)C1OC(=O)NC1=O.[W+2]. The fraction of sp³-hybridized carbons (Fsp3) is 0.182. The zero-order valence-electron chi connectivity index (χ0n) is 8.67. The van der Waals surface area contributed by atoms with E-state index in [2.05, 4.69) is 13.0 Å². The standard InChI is InChI=1S/C11H9NO4.W/c1-6(7-2-4-8(13)5-3-7)9-10(14)12-11(15)16-9;/h2,4-6,9,13H,1H2,(H,12,14,15);/q-2;+2. The molecule has 1 heterocycles. The van der Waals surface area contributed by atoms with E-state index in [4.69, 9.17) is 9.84 Å². The molecule has 0 saturated carbocycles. The number of imide groups is 1. The summed E-state index contributed by atoms with van der Waals surface area (Å²) in [7, 11) is 0. The topological polar surface area (TPSA) is 75.6 Å². The van der Waals surface area contributed by atoms with Crippen molar-refractivity contribution in [3.63, 3.8) is 0 Å². The first-order chi connectivity index (χ1) is 7.58. The molecule has 5 nitrogen and oxygen atoms in total. The van der Waals surface area contributed by atoms with Crippen molar-refractivity contribution in [3.8, 4) is 5.75 Å². The number of aromatic hydroxyl groups is 1. The van der Waals surface area contributed by atoms with E-state index in [0.29, 0.717) is 5.56 Å². The molecule has 1 aliphatic rings. The molecule has 1 fully saturated rings. The predicted octanol–water partition coefficient (Wildman–Crippen LogP) is 0.743. The molecule has 2 unspecified atom stereocenters. The fourth-order valence-electron chi connectivity index (χ4n) is 1.46. The number of carbonyl (C=O) groups excluding carboxylic acids is 2. The van der Waals surface area contributed by atoms with Gasteiger partial charge in [0, 0.05) is 5.75 Å². The second-order valence-corrected chi connectivity index (χ2v) is 3.42. The Bertz CT molecular complexity index is 432. The maximum Gasteiger partial charge on any atom is 2.00 e. The molecule has 2 amide bonds. The Morgan fingerprint density at radius 3 is 2.65 bits per heavy atom. The molecule has 0 radical (unpaired) electrons. The smallest absolute Gasteiger partial charge is 0.566 e. The zero-order valence-corrected chi connectivity index (χ0v) is 11.6. The van der Waals surface area contributed by atoms with Gasteiger partial charge in [-0.05, 0) is 0 Å². The number of phenolic OH excluding ortho intramolecular Hbond substituents is 1. The van der Waals surface area contributed by atoms with Crippen molar-refractivity contribution in [1.29, 1.82) is 0 Å². The van der Waals surface area contributed by atoms with Gasteiger partial charge in [0.05, 0.1) is 0 Å². The molecule has 2 atom stereocenters. The summed E-state index contributed by atoms with van der Waals surface area (Å²) in [5.74, 6) is -0.984. The molecular formula is C11H9NO4W. The van der Waals surface area contributed by atoms with Gasteiger partial charge in [-0.25, -0.2) is 4.79 Å². The molecule has 6 heteroatoms. The maximum absolute atomic E-state index is 11.3. The molecule has 2 N–H and O–H groups in total. The second-order valence-electron chi connectivity index (χ2n) is 3.42. The number of hydrogen-bond donors (Lipinski definition) is 2. The summed E-state index contributed by atoms with van der Waals surface area (Å²) >= 11 is 0. The van der Waals surface area contributed by atoms with Crippen molar-refractivity contribution in [2.24, 2.45) is 0 Å². The molecule has 0 bridgehead atoms. The van der Waals surface area contributed by atoms with Gasteiger partial charge in [-0.15, -0.1) is 18.1 Å². The van der Waals surface area contributed by atoms with Crippen LogP contribution in [0, 0.1) is 13.0 Å². The number of benzene rings is 1. The molecule has 0 aromatic heterocycles.